The van der Waals surface area contributed by atoms with E-state index in [0.717, 1.165) is 27.6 Å². The molecule has 2 heterocycles. The van der Waals surface area contributed by atoms with Crippen molar-refractivity contribution >= 4 is 40.0 Å². The number of nitrogens with one attached hydrogen (secondary N) is 2. The second kappa shape index (κ2) is 9.33. The molecule has 1 atom stereocenters. The van der Waals surface area contributed by atoms with Crippen molar-refractivity contribution in [2.24, 2.45) is 0 Å². The molecule has 2 aromatic heterocycles. The number of aromatic nitrogens is 2. The maximum atomic E-state index is 12.5. The number of halogens is 2. The van der Waals surface area contributed by atoms with Crippen LogP contribution in [0.3, 0.4) is 0 Å². The number of amides is 1. The van der Waals surface area contributed by atoms with Crippen molar-refractivity contribution in [2.75, 3.05) is 6.54 Å². The Hall–Kier alpha value is -2.82. The van der Waals surface area contributed by atoms with Gasteiger partial charge in [-0.15, -0.1) is 0 Å². The molecule has 0 radical (unpaired) electrons. The number of nitrogens with zero attached hydrogens (tertiary/aromatic N) is 1. The second-order valence-electron chi connectivity index (χ2n) is 7.17. The van der Waals surface area contributed by atoms with Crippen LogP contribution >= 0.6 is 23.2 Å². The van der Waals surface area contributed by atoms with E-state index in [4.69, 9.17) is 23.2 Å². The number of rotatable bonds is 7. The molecule has 0 saturated carbocycles. The van der Waals surface area contributed by atoms with Gasteiger partial charge >= 0.3 is 0 Å². The average molecular weight is 438 g/mol. The Morgan fingerprint density at radius 1 is 1.03 bits per heavy atom. The summed E-state index contributed by atoms with van der Waals surface area (Å²) in [5.74, 6) is -0.0995. The molecule has 2 N–H and O–H groups in total. The summed E-state index contributed by atoms with van der Waals surface area (Å²) in [7, 11) is 0. The maximum absolute atomic E-state index is 12.5. The van der Waals surface area contributed by atoms with E-state index < -0.39 is 0 Å². The summed E-state index contributed by atoms with van der Waals surface area (Å²) < 4.78 is 0. The summed E-state index contributed by atoms with van der Waals surface area (Å²) in [6.07, 6.45) is 6.56. The third-order valence-corrected chi connectivity index (χ3v) is 5.79. The zero-order valence-corrected chi connectivity index (χ0v) is 17.8. The number of pyridine rings is 1. The highest BCUT2D eigenvalue weighted by atomic mass is 35.5. The highest BCUT2D eigenvalue weighted by molar-refractivity contribution is 6.35. The van der Waals surface area contributed by atoms with Crippen LogP contribution < -0.4 is 5.32 Å². The van der Waals surface area contributed by atoms with Crippen LogP contribution in [-0.4, -0.2) is 22.4 Å². The Labute approximate surface area is 185 Å². The SMILES string of the molecule is O=C(CCc1ccncc1)NCC(c1ccc(Cl)cc1Cl)c1c[nH]c2ccccc12. The van der Waals surface area contributed by atoms with E-state index in [9.17, 15) is 4.79 Å². The van der Waals surface area contributed by atoms with Gasteiger partial charge in [-0.2, -0.15) is 0 Å². The molecule has 2 aromatic carbocycles. The Kier molecular flexibility index (Phi) is 6.36. The smallest absolute Gasteiger partial charge is 0.220 e. The Morgan fingerprint density at radius 2 is 1.83 bits per heavy atom. The minimum absolute atomic E-state index is 0.00161. The van der Waals surface area contributed by atoms with Crippen molar-refractivity contribution in [2.45, 2.75) is 18.8 Å². The standard InChI is InChI=1S/C24H21Cl2N3O/c25-17-6-7-18(22(26)13-17)20(21-14-28-23-4-2-1-3-19(21)23)15-29-24(30)8-5-16-9-11-27-12-10-16/h1-4,6-7,9-14,20,28H,5,8,15H2,(H,29,30). The van der Waals surface area contributed by atoms with E-state index in [2.05, 4.69) is 21.4 Å². The van der Waals surface area contributed by atoms with Gasteiger partial charge in [0.2, 0.25) is 5.91 Å². The van der Waals surface area contributed by atoms with Crippen molar-refractivity contribution in [3.8, 4) is 0 Å². The highest BCUT2D eigenvalue weighted by Gasteiger charge is 2.21. The molecule has 4 nitrogen and oxygen atoms in total. The normalized spacial score (nSPS) is 12.1. The van der Waals surface area contributed by atoms with Crippen LogP contribution in [0.5, 0.6) is 0 Å². The lowest BCUT2D eigenvalue weighted by molar-refractivity contribution is -0.121. The van der Waals surface area contributed by atoms with E-state index in [-0.39, 0.29) is 11.8 Å². The monoisotopic (exact) mass is 437 g/mol. The topological polar surface area (TPSA) is 57.8 Å². The van der Waals surface area contributed by atoms with Gasteiger partial charge in [0, 0.05) is 58.4 Å². The molecule has 4 rings (SSSR count). The Morgan fingerprint density at radius 3 is 2.63 bits per heavy atom. The number of benzene rings is 2. The molecule has 0 saturated heterocycles. The summed E-state index contributed by atoms with van der Waals surface area (Å²) in [4.78, 5) is 19.9. The predicted octanol–water partition coefficient (Wildman–Crippen LogP) is 5.75. The molecule has 0 bridgehead atoms. The molecular weight excluding hydrogens is 417 g/mol. The second-order valence-corrected chi connectivity index (χ2v) is 8.01. The van der Waals surface area contributed by atoms with Crippen LogP contribution in [-0.2, 0) is 11.2 Å². The molecule has 152 valence electrons. The lowest BCUT2D eigenvalue weighted by atomic mass is 9.90. The summed E-state index contributed by atoms with van der Waals surface area (Å²) in [6, 6.07) is 17.5. The molecule has 4 aromatic rings. The summed E-state index contributed by atoms with van der Waals surface area (Å²) in [5.41, 5.74) is 4.16. The van der Waals surface area contributed by atoms with E-state index in [0.29, 0.717) is 29.4 Å². The van der Waals surface area contributed by atoms with Crippen LogP contribution in [0.15, 0.2) is 73.2 Å². The molecule has 0 fully saturated rings. The van der Waals surface area contributed by atoms with E-state index in [1.807, 2.05) is 48.7 Å². The molecule has 0 aliphatic heterocycles. The first-order chi connectivity index (χ1) is 14.6. The number of aryl methyl sites for hydroxylation is 1. The van der Waals surface area contributed by atoms with Crippen LogP contribution in [0.4, 0.5) is 0 Å². The number of hydrogen-bond donors (Lipinski definition) is 2. The Bertz CT molecular complexity index is 1160. The molecule has 1 amide bonds. The van der Waals surface area contributed by atoms with Crippen molar-refractivity contribution in [3.63, 3.8) is 0 Å². The number of aromatic amines is 1. The Balaban J connectivity index is 1.55. The fourth-order valence-electron chi connectivity index (χ4n) is 3.67. The molecule has 30 heavy (non-hydrogen) atoms. The first-order valence-electron chi connectivity index (χ1n) is 9.78. The zero-order valence-electron chi connectivity index (χ0n) is 16.2. The van der Waals surface area contributed by atoms with Crippen molar-refractivity contribution in [1.29, 1.82) is 0 Å². The molecule has 0 aliphatic rings. The predicted molar refractivity (Wildman–Crippen MR) is 122 cm³/mol. The van der Waals surface area contributed by atoms with E-state index in [1.165, 1.54) is 0 Å². The van der Waals surface area contributed by atoms with Crippen molar-refractivity contribution in [3.05, 3.63) is 99.9 Å². The summed E-state index contributed by atoms with van der Waals surface area (Å²) in [6.45, 7) is 0.443. The number of carbonyl (C=O) groups is 1. The number of H-pyrrole nitrogens is 1. The van der Waals surface area contributed by atoms with Gasteiger partial charge in [-0.1, -0.05) is 47.5 Å². The minimum atomic E-state index is -0.101. The average Bonchev–Trinajstić information content (AvgIpc) is 3.18. The first kappa shape index (κ1) is 20.5. The van der Waals surface area contributed by atoms with Crippen LogP contribution in [0.1, 0.15) is 29.0 Å². The lowest BCUT2D eigenvalue weighted by Gasteiger charge is -2.20. The molecule has 0 spiro atoms. The molecule has 1 unspecified atom stereocenters. The zero-order chi connectivity index (χ0) is 20.9. The van der Waals surface area contributed by atoms with Gasteiger partial charge in [0.05, 0.1) is 0 Å². The summed E-state index contributed by atoms with van der Waals surface area (Å²) >= 11 is 12.6. The number of hydrogen-bond acceptors (Lipinski definition) is 2. The quantitative estimate of drug-likeness (QED) is 0.386. The van der Waals surface area contributed by atoms with Gasteiger partial charge in [-0.05, 0) is 53.4 Å². The van der Waals surface area contributed by atoms with Gasteiger partial charge in [-0.3, -0.25) is 9.78 Å². The van der Waals surface area contributed by atoms with Crippen LogP contribution in [0, 0.1) is 0 Å². The van der Waals surface area contributed by atoms with Crippen molar-refractivity contribution in [1.82, 2.24) is 15.3 Å². The van der Waals surface area contributed by atoms with Gasteiger partial charge in [0.15, 0.2) is 0 Å². The molecule has 0 aliphatic carbocycles. The van der Waals surface area contributed by atoms with Crippen LogP contribution in [0.25, 0.3) is 10.9 Å². The number of fused-ring (bicyclic) bond motifs is 1. The van der Waals surface area contributed by atoms with E-state index in [1.54, 1.807) is 18.5 Å². The fraction of sp³-hybridized carbons (Fsp3) is 0.167. The number of carbonyl (C=O) groups excluding carboxylic acids is 1. The summed E-state index contributed by atoms with van der Waals surface area (Å²) in [5, 5.41) is 5.37. The highest BCUT2D eigenvalue weighted by Crippen LogP contribution is 2.35. The van der Waals surface area contributed by atoms with Gasteiger partial charge < -0.3 is 10.3 Å². The van der Waals surface area contributed by atoms with Crippen molar-refractivity contribution < 1.29 is 4.79 Å². The van der Waals surface area contributed by atoms with E-state index >= 15 is 0 Å². The number of para-hydroxylation sites is 1. The fourth-order valence-corrected chi connectivity index (χ4v) is 4.21. The lowest BCUT2D eigenvalue weighted by Crippen LogP contribution is -2.29. The third kappa shape index (κ3) is 4.66. The van der Waals surface area contributed by atoms with Gasteiger partial charge in [-0.25, -0.2) is 0 Å². The minimum Gasteiger partial charge on any atom is -0.361 e. The molecule has 6 heteroatoms. The first-order valence-corrected chi connectivity index (χ1v) is 10.5. The largest absolute Gasteiger partial charge is 0.361 e. The van der Waals surface area contributed by atoms with Gasteiger partial charge in [0.1, 0.15) is 0 Å². The van der Waals surface area contributed by atoms with Crippen LogP contribution in [0.2, 0.25) is 10.0 Å². The van der Waals surface area contributed by atoms with Gasteiger partial charge in [0.25, 0.3) is 0 Å². The molecular formula is C24H21Cl2N3O. The maximum Gasteiger partial charge on any atom is 0.220 e. The third-order valence-electron chi connectivity index (χ3n) is 5.23.